The molecule has 0 fully saturated rings. The van der Waals surface area contributed by atoms with Crippen molar-refractivity contribution in [1.29, 1.82) is 5.26 Å². The van der Waals surface area contributed by atoms with E-state index in [0.717, 1.165) is 41.1 Å². The molecular weight excluding hydrogens is 320 g/mol. The molecule has 0 spiro atoms. The summed E-state index contributed by atoms with van der Waals surface area (Å²) >= 11 is 1.66. The fraction of sp³-hybridized carbons (Fsp3) is 0.368. The normalized spacial score (nSPS) is 14.0. The zero-order valence-electron chi connectivity index (χ0n) is 14.2. The number of aliphatic imine (C=N–C) groups is 1. The molecule has 0 unspecified atom stereocenters. The lowest BCUT2D eigenvalue weighted by atomic mass is 9.96. The fourth-order valence-corrected chi connectivity index (χ4v) is 4.28. The maximum Gasteiger partial charge on any atom is 0.161 e. The maximum absolute atomic E-state index is 9.55. The third-order valence-electron chi connectivity index (χ3n) is 4.34. The van der Waals surface area contributed by atoms with Crippen molar-refractivity contribution >= 4 is 22.0 Å². The molecule has 0 bridgehead atoms. The Labute approximate surface area is 146 Å². The third-order valence-corrected chi connectivity index (χ3v) is 5.52. The van der Waals surface area contributed by atoms with Crippen molar-refractivity contribution in [2.45, 2.75) is 32.6 Å². The Morgan fingerprint density at radius 3 is 2.62 bits per heavy atom. The molecule has 4 nitrogen and oxygen atoms in total. The van der Waals surface area contributed by atoms with E-state index in [4.69, 9.17) is 14.5 Å². The Kier molecular flexibility index (Phi) is 4.86. The lowest BCUT2D eigenvalue weighted by molar-refractivity contribution is 0.355. The predicted molar refractivity (Wildman–Crippen MR) is 97.1 cm³/mol. The van der Waals surface area contributed by atoms with E-state index in [1.54, 1.807) is 25.6 Å². The zero-order valence-corrected chi connectivity index (χ0v) is 15.0. The monoisotopic (exact) mass is 340 g/mol. The molecule has 0 radical (unpaired) electrons. The Hall–Kier alpha value is -2.32. The third kappa shape index (κ3) is 3.02. The van der Waals surface area contributed by atoms with Gasteiger partial charge in [0, 0.05) is 10.6 Å². The predicted octanol–water partition coefficient (Wildman–Crippen LogP) is 4.66. The molecule has 0 N–H and O–H groups in total. The lowest BCUT2D eigenvalue weighted by Gasteiger charge is -2.09. The van der Waals surface area contributed by atoms with Gasteiger partial charge in [0.1, 0.15) is 11.1 Å². The van der Waals surface area contributed by atoms with Crippen LogP contribution in [0.3, 0.4) is 0 Å². The van der Waals surface area contributed by atoms with Crippen molar-refractivity contribution in [2.75, 3.05) is 14.2 Å². The van der Waals surface area contributed by atoms with E-state index in [1.807, 2.05) is 25.1 Å². The molecule has 1 aliphatic rings. The summed E-state index contributed by atoms with van der Waals surface area (Å²) in [5.41, 5.74) is 3.80. The quantitative estimate of drug-likeness (QED) is 0.761. The molecule has 5 heteroatoms. The highest BCUT2D eigenvalue weighted by Gasteiger charge is 2.20. The molecular formula is C19H20N2O2S. The van der Waals surface area contributed by atoms with Crippen LogP contribution in [0.25, 0.3) is 0 Å². The molecule has 124 valence electrons. The van der Waals surface area contributed by atoms with Gasteiger partial charge in [-0.2, -0.15) is 5.26 Å². The van der Waals surface area contributed by atoms with Gasteiger partial charge in [-0.05, 0) is 61.9 Å². The van der Waals surface area contributed by atoms with Crippen molar-refractivity contribution in [1.82, 2.24) is 0 Å². The van der Waals surface area contributed by atoms with Crippen molar-refractivity contribution < 1.29 is 9.47 Å². The summed E-state index contributed by atoms with van der Waals surface area (Å²) in [6.45, 7) is 1.96. The summed E-state index contributed by atoms with van der Waals surface area (Å²) in [6.07, 6.45) is 4.44. The highest BCUT2D eigenvalue weighted by molar-refractivity contribution is 7.16. The number of thiophene rings is 1. The number of hydrogen-bond donors (Lipinski definition) is 0. The molecule has 0 aliphatic heterocycles. The van der Waals surface area contributed by atoms with Gasteiger partial charge in [0.15, 0.2) is 11.5 Å². The molecule has 1 heterocycles. The van der Waals surface area contributed by atoms with Crippen LogP contribution in [0.1, 0.15) is 41.3 Å². The van der Waals surface area contributed by atoms with Gasteiger partial charge in [-0.1, -0.05) is 0 Å². The van der Waals surface area contributed by atoms with E-state index in [-0.39, 0.29) is 0 Å². The van der Waals surface area contributed by atoms with Crippen LogP contribution in [0.15, 0.2) is 23.2 Å². The zero-order chi connectivity index (χ0) is 17.1. The largest absolute Gasteiger partial charge is 0.493 e. The Balaban J connectivity index is 2.00. The van der Waals surface area contributed by atoms with Gasteiger partial charge in [-0.15, -0.1) is 11.3 Å². The second-order valence-corrected chi connectivity index (χ2v) is 6.85. The number of rotatable bonds is 4. The van der Waals surface area contributed by atoms with E-state index >= 15 is 0 Å². The second kappa shape index (κ2) is 7.06. The Morgan fingerprint density at radius 1 is 1.17 bits per heavy atom. The first-order valence-corrected chi connectivity index (χ1v) is 8.82. The van der Waals surface area contributed by atoms with Gasteiger partial charge >= 0.3 is 0 Å². The lowest BCUT2D eigenvalue weighted by Crippen LogP contribution is -1.99. The minimum Gasteiger partial charge on any atom is -0.493 e. The molecule has 0 atom stereocenters. The number of methoxy groups -OCH3 is 2. The number of nitrogens with zero attached hydrogens (tertiary/aromatic N) is 2. The average Bonchev–Trinajstić information content (AvgIpc) is 2.97. The number of aryl methyl sites for hydroxylation is 1. The van der Waals surface area contributed by atoms with Crippen molar-refractivity contribution in [3.05, 3.63) is 39.8 Å². The second-order valence-electron chi connectivity index (χ2n) is 5.77. The molecule has 1 aromatic heterocycles. The highest BCUT2D eigenvalue weighted by Crippen LogP contribution is 2.39. The van der Waals surface area contributed by atoms with Gasteiger partial charge in [0.2, 0.25) is 0 Å². The first kappa shape index (κ1) is 16.5. The molecule has 0 amide bonds. The number of fused-ring (bicyclic) bond motifs is 1. The topological polar surface area (TPSA) is 54.6 Å². The molecule has 1 aromatic carbocycles. The van der Waals surface area contributed by atoms with Gasteiger partial charge in [-0.25, -0.2) is 4.99 Å². The summed E-state index contributed by atoms with van der Waals surface area (Å²) in [5, 5.41) is 10.4. The molecule has 0 saturated carbocycles. The van der Waals surface area contributed by atoms with E-state index in [9.17, 15) is 5.26 Å². The smallest absolute Gasteiger partial charge is 0.161 e. The first-order chi connectivity index (χ1) is 11.7. The van der Waals surface area contributed by atoms with Crippen LogP contribution in [-0.4, -0.2) is 19.9 Å². The van der Waals surface area contributed by atoms with E-state index in [1.165, 1.54) is 16.9 Å². The Bertz CT molecular complexity index is 831. The summed E-state index contributed by atoms with van der Waals surface area (Å²) in [4.78, 5) is 6.08. The first-order valence-electron chi connectivity index (χ1n) is 8.00. The Morgan fingerprint density at radius 2 is 1.92 bits per heavy atom. The number of benzene rings is 1. The maximum atomic E-state index is 9.55. The van der Waals surface area contributed by atoms with Crippen LogP contribution >= 0.6 is 11.3 Å². The highest BCUT2D eigenvalue weighted by atomic mass is 32.1. The van der Waals surface area contributed by atoms with E-state index < -0.39 is 0 Å². The number of hydrogen-bond acceptors (Lipinski definition) is 5. The SMILES string of the molecule is COc1ccc(/C(C)=N/c2sc3c(c2C#N)CCCC3)cc1OC. The van der Waals surface area contributed by atoms with E-state index in [2.05, 4.69) is 6.07 Å². The van der Waals surface area contributed by atoms with Crippen molar-refractivity contribution in [3.8, 4) is 17.6 Å². The van der Waals surface area contributed by atoms with Crippen LogP contribution in [0, 0.1) is 11.3 Å². The summed E-state index contributed by atoms with van der Waals surface area (Å²) in [5.74, 6) is 1.37. The molecule has 1 aliphatic carbocycles. The van der Waals surface area contributed by atoms with Crippen LogP contribution in [-0.2, 0) is 12.8 Å². The van der Waals surface area contributed by atoms with Crippen LogP contribution < -0.4 is 9.47 Å². The van der Waals surface area contributed by atoms with Crippen LogP contribution in [0.2, 0.25) is 0 Å². The number of ether oxygens (including phenoxy) is 2. The summed E-state index contributed by atoms with van der Waals surface area (Å²) in [7, 11) is 3.24. The average molecular weight is 340 g/mol. The number of nitriles is 1. The molecule has 2 aromatic rings. The molecule has 0 saturated heterocycles. The van der Waals surface area contributed by atoms with E-state index in [0.29, 0.717) is 11.5 Å². The van der Waals surface area contributed by atoms with Crippen molar-refractivity contribution in [3.63, 3.8) is 0 Å². The van der Waals surface area contributed by atoms with Gasteiger partial charge < -0.3 is 9.47 Å². The standard InChI is InChI=1S/C19H20N2O2S/c1-12(13-8-9-16(22-2)17(10-13)23-3)21-19-15(11-20)14-6-4-5-7-18(14)24-19/h8-10H,4-7H2,1-3H3/b21-12+. The van der Waals surface area contributed by atoms with Crippen LogP contribution in [0.4, 0.5) is 5.00 Å². The summed E-state index contributed by atoms with van der Waals surface area (Å²) in [6, 6.07) is 8.10. The van der Waals surface area contributed by atoms with Crippen LogP contribution in [0.5, 0.6) is 11.5 Å². The molecule has 3 rings (SSSR count). The minimum atomic E-state index is 0.676. The van der Waals surface area contributed by atoms with Crippen molar-refractivity contribution in [2.24, 2.45) is 4.99 Å². The molecule has 24 heavy (non-hydrogen) atoms. The van der Waals surface area contributed by atoms with Gasteiger partial charge in [-0.3, -0.25) is 0 Å². The van der Waals surface area contributed by atoms with Gasteiger partial charge in [0.05, 0.1) is 19.8 Å². The summed E-state index contributed by atoms with van der Waals surface area (Å²) < 4.78 is 10.6. The minimum absolute atomic E-state index is 0.676. The fourth-order valence-electron chi connectivity index (χ4n) is 3.02. The van der Waals surface area contributed by atoms with Gasteiger partial charge in [0.25, 0.3) is 0 Å².